The highest BCUT2D eigenvalue weighted by Gasteiger charge is 2.22. The number of sulfone groups is 1. The normalized spacial score (nSPS) is 12.5. The number of carbonyl (C=O) groups excluding carboxylic acids is 1. The van der Waals surface area contributed by atoms with Crippen molar-refractivity contribution >= 4 is 77.9 Å². The molecular formula is C22H16Cl2N2O6S3. The molecule has 0 saturated heterocycles. The first-order chi connectivity index (χ1) is 16.5. The van der Waals surface area contributed by atoms with Crippen molar-refractivity contribution < 1.29 is 22.0 Å². The lowest BCUT2D eigenvalue weighted by molar-refractivity contribution is -0.116. The number of thiophene rings is 1. The van der Waals surface area contributed by atoms with E-state index < -0.39 is 38.2 Å². The third-order valence-electron chi connectivity index (χ3n) is 4.99. The average Bonchev–Trinajstić information content (AvgIpc) is 3.22. The quantitative estimate of drug-likeness (QED) is 0.301. The van der Waals surface area contributed by atoms with Crippen LogP contribution in [0.1, 0.15) is 5.56 Å². The molecule has 8 nitrogen and oxygen atoms in total. The molecule has 13 heteroatoms. The number of halogens is 2. The van der Waals surface area contributed by atoms with Crippen molar-refractivity contribution in [1.29, 1.82) is 0 Å². The van der Waals surface area contributed by atoms with Crippen molar-refractivity contribution in [3.8, 4) is 5.69 Å². The zero-order valence-corrected chi connectivity index (χ0v) is 21.6. The zero-order valence-electron chi connectivity index (χ0n) is 17.6. The second kappa shape index (κ2) is 10.2. The van der Waals surface area contributed by atoms with Crippen molar-refractivity contribution in [2.24, 2.45) is 0 Å². The molecule has 0 bridgehead atoms. The number of ketones is 1. The highest BCUT2D eigenvalue weighted by atomic mass is 35.5. The molecule has 0 spiro atoms. The number of benzene rings is 2. The van der Waals surface area contributed by atoms with Gasteiger partial charge in [0, 0.05) is 23.7 Å². The maximum atomic E-state index is 13.1. The number of nitrogens with one attached hydrogen (secondary N) is 1. The number of Topliss-reactive ketones (excluding diaryl/α,β-unsaturated/α-hetero) is 1. The lowest BCUT2D eigenvalue weighted by atomic mass is 10.1. The minimum absolute atomic E-state index is 0.0310. The van der Waals surface area contributed by atoms with E-state index in [1.165, 1.54) is 28.8 Å². The summed E-state index contributed by atoms with van der Waals surface area (Å²) in [6.07, 6.45) is 1.39. The number of anilines is 1. The summed E-state index contributed by atoms with van der Waals surface area (Å²) in [5, 5.41) is 1.12. The number of fused-ring (bicyclic) bond motifs is 1. The second-order valence-corrected chi connectivity index (χ2v) is 12.5. The van der Waals surface area contributed by atoms with Crippen LogP contribution in [-0.2, 0) is 32.3 Å². The third-order valence-corrected chi connectivity index (χ3v) is 9.19. The van der Waals surface area contributed by atoms with Crippen LogP contribution in [0, 0.1) is 0 Å². The highest BCUT2D eigenvalue weighted by Crippen LogP contribution is 2.27. The molecule has 182 valence electrons. The topological polar surface area (TPSA) is 123 Å². The average molecular weight is 571 g/mol. The van der Waals surface area contributed by atoms with Crippen molar-refractivity contribution in [3.05, 3.63) is 86.1 Å². The van der Waals surface area contributed by atoms with Crippen LogP contribution in [0.3, 0.4) is 0 Å². The fraction of sp³-hybridized carbons (Fsp3) is 0.0909. The Kier molecular flexibility index (Phi) is 7.46. The van der Waals surface area contributed by atoms with E-state index in [-0.39, 0.29) is 15.7 Å². The van der Waals surface area contributed by atoms with Gasteiger partial charge in [-0.15, -0.1) is 11.3 Å². The van der Waals surface area contributed by atoms with Crippen molar-refractivity contribution in [1.82, 2.24) is 4.57 Å². The summed E-state index contributed by atoms with van der Waals surface area (Å²) in [6, 6.07) is 13.9. The molecule has 1 atom stereocenters. The maximum absolute atomic E-state index is 13.1. The van der Waals surface area contributed by atoms with E-state index in [0.29, 0.717) is 32.0 Å². The molecule has 2 N–H and O–H groups in total. The van der Waals surface area contributed by atoms with Gasteiger partial charge in [0.25, 0.3) is 16.8 Å². The van der Waals surface area contributed by atoms with E-state index in [0.717, 1.165) is 11.3 Å². The molecule has 0 amide bonds. The van der Waals surface area contributed by atoms with E-state index >= 15 is 0 Å². The minimum Gasteiger partial charge on any atom is -0.298 e. The summed E-state index contributed by atoms with van der Waals surface area (Å²) < 4.78 is 48.9. The first-order valence-corrected chi connectivity index (χ1v) is 14.2. The van der Waals surface area contributed by atoms with E-state index in [1.807, 2.05) is 0 Å². The molecule has 4 rings (SSSR count). The Balaban J connectivity index is 1.58. The lowest BCUT2D eigenvalue weighted by Crippen LogP contribution is -2.19. The third kappa shape index (κ3) is 5.83. The maximum Gasteiger partial charge on any atom is 0.263 e. The van der Waals surface area contributed by atoms with Gasteiger partial charge in [-0.05, 0) is 53.4 Å². The summed E-state index contributed by atoms with van der Waals surface area (Å²) in [5.41, 5.74) is 0.753. The van der Waals surface area contributed by atoms with Gasteiger partial charge in [0.1, 0.15) is 9.96 Å². The number of aromatic nitrogens is 1. The molecule has 0 aliphatic rings. The molecule has 0 fully saturated rings. The summed E-state index contributed by atoms with van der Waals surface area (Å²) in [5.74, 6) is -1.18. The standard InChI is InChI=1S/C22H16Cl2N2O6S3/c23-18-10-13(9-16(27)12-35(31,32)21-6-5-20(24)33-21)1-4-19(18)26-8-7-14-2-3-15(25-34(29)30)11-17(14)22(26)28/h1-8,10-11,25H,9,12H2,(H,29,30). The van der Waals surface area contributed by atoms with Crippen LogP contribution in [0.2, 0.25) is 9.36 Å². The molecule has 0 aliphatic heterocycles. The minimum atomic E-state index is -3.79. The molecule has 0 aliphatic carbocycles. The molecule has 35 heavy (non-hydrogen) atoms. The van der Waals surface area contributed by atoms with Crippen LogP contribution in [0.25, 0.3) is 16.5 Å². The van der Waals surface area contributed by atoms with E-state index in [9.17, 15) is 22.2 Å². The van der Waals surface area contributed by atoms with E-state index in [4.69, 9.17) is 27.8 Å². The van der Waals surface area contributed by atoms with Gasteiger partial charge in [-0.1, -0.05) is 35.3 Å². The van der Waals surface area contributed by atoms with E-state index in [2.05, 4.69) is 4.72 Å². The monoisotopic (exact) mass is 570 g/mol. The molecule has 0 saturated carbocycles. The SMILES string of the molecule is O=C(Cc1ccc(-n2ccc3ccc(NS(=O)O)cc3c2=O)c(Cl)c1)CS(=O)(=O)c1ccc(Cl)s1. The molecule has 1 unspecified atom stereocenters. The first kappa shape index (κ1) is 25.5. The number of nitrogens with zero attached hydrogens (tertiary/aromatic N) is 1. The largest absolute Gasteiger partial charge is 0.298 e. The van der Waals surface area contributed by atoms with Gasteiger partial charge < -0.3 is 0 Å². The van der Waals surface area contributed by atoms with Gasteiger partial charge in [-0.25, -0.2) is 12.6 Å². The van der Waals surface area contributed by atoms with Crippen LogP contribution >= 0.6 is 34.5 Å². The predicted molar refractivity (Wildman–Crippen MR) is 139 cm³/mol. The van der Waals surface area contributed by atoms with E-state index in [1.54, 1.807) is 36.5 Å². The van der Waals surface area contributed by atoms with Crippen LogP contribution in [0.15, 0.2) is 69.8 Å². The highest BCUT2D eigenvalue weighted by molar-refractivity contribution is 7.94. The Morgan fingerprint density at radius 2 is 1.86 bits per heavy atom. The Morgan fingerprint density at radius 1 is 1.09 bits per heavy atom. The number of pyridine rings is 1. The summed E-state index contributed by atoms with van der Waals surface area (Å²) in [6.45, 7) is 0. The summed E-state index contributed by atoms with van der Waals surface area (Å²) >= 11 is 10.8. The van der Waals surface area contributed by atoms with Gasteiger partial charge in [0.15, 0.2) is 15.6 Å². The van der Waals surface area contributed by atoms with Gasteiger partial charge >= 0.3 is 0 Å². The molecular weight excluding hydrogens is 555 g/mol. The van der Waals surface area contributed by atoms with Crippen LogP contribution in [0.4, 0.5) is 5.69 Å². The second-order valence-electron chi connectivity index (χ2n) is 7.46. The van der Waals surface area contributed by atoms with Crippen LogP contribution in [0.5, 0.6) is 0 Å². The van der Waals surface area contributed by atoms with Gasteiger partial charge in [0.05, 0.1) is 15.0 Å². The predicted octanol–water partition coefficient (Wildman–Crippen LogP) is 4.49. The van der Waals surface area contributed by atoms with Gasteiger partial charge in [-0.3, -0.25) is 23.4 Å². The first-order valence-electron chi connectivity index (χ1n) is 9.85. The van der Waals surface area contributed by atoms with Crippen LogP contribution < -0.4 is 10.3 Å². The Morgan fingerprint density at radius 3 is 2.51 bits per heavy atom. The Hall–Kier alpha value is -2.54. The lowest BCUT2D eigenvalue weighted by Gasteiger charge is -2.11. The molecule has 0 radical (unpaired) electrons. The van der Waals surface area contributed by atoms with Gasteiger partial charge in [0.2, 0.25) is 0 Å². The van der Waals surface area contributed by atoms with Crippen molar-refractivity contribution in [2.45, 2.75) is 10.6 Å². The summed E-state index contributed by atoms with van der Waals surface area (Å²) in [4.78, 5) is 25.5. The zero-order chi connectivity index (χ0) is 25.3. The molecule has 2 aromatic carbocycles. The van der Waals surface area contributed by atoms with Gasteiger partial charge in [-0.2, -0.15) is 0 Å². The molecule has 2 aromatic heterocycles. The van der Waals surface area contributed by atoms with Crippen LogP contribution in [-0.4, -0.2) is 33.3 Å². The Labute approximate surface area is 216 Å². The fourth-order valence-electron chi connectivity index (χ4n) is 3.48. The summed E-state index contributed by atoms with van der Waals surface area (Å²) in [7, 11) is -3.79. The van der Waals surface area contributed by atoms with Crippen molar-refractivity contribution in [2.75, 3.05) is 10.5 Å². The molecule has 2 heterocycles. The number of rotatable bonds is 8. The molecule has 4 aromatic rings. The number of carbonyl (C=O) groups is 1. The fourth-order valence-corrected chi connectivity index (χ4v) is 6.91. The Bertz CT molecular complexity index is 1650. The number of hydrogen-bond acceptors (Lipinski definition) is 6. The smallest absolute Gasteiger partial charge is 0.263 e. The number of hydrogen-bond donors (Lipinski definition) is 2. The van der Waals surface area contributed by atoms with Crippen molar-refractivity contribution in [3.63, 3.8) is 0 Å².